The summed E-state index contributed by atoms with van der Waals surface area (Å²) >= 11 is 0. The SMILES string of the molecule is O=C(CN1C(=O)Cn2c(cc3ccccc32)C1=O)NCC12C3C4C5C3C1C5C42. The first kappa shape index (κ1) is 14.4. The number of carbonyl (C=O) groups excluding carboxylic acids is 3. The number of carbonyl (C=O) groups is 3. The van der Waals surface area contributed by atoms with Crippen molar-refractivity contribution >= 4 is 28.6 Å². The molecule has 2 heterocycles. The predicted molar refractivity (Wildman–Crippen MR) is 97.9 cm³/mol. The molecule has 3 amide bonds. The molecule has 2 aromatic rings. The summed E-state index contributed by atoms with van der Waals surface area (Å²) in [5, 5.41) is 4.00. The summed E-state index contributed by atoms with van der Waals surface area (Å²) in [6.45, 7) is 0.678. The van der Waals surface area contributed by atoms with Crippen LogP contribution in [0.5, 0.6) is 0 Å². The van der Waals surface area contributed by atoms with E-state index in [-0.39, 0.29) is 30.8 Å². The molecule has 6 heteroatoms. The number of benzene rings is 1. The molecule has 9 rings (SSSR count). The number of fused-ring (bicyclic) bond motifs is 3. The molecule has 1 aromatic carbocycles. The molecule has 1 aliphatic heterocycles. The largest absolute Gasteiger partial charge is 0.354 e. The molecule has 0 bridgehead atoms. The van der Waals surface area contributed by atoms with Crippen LogP contribution in [0, 0.1) is 46.8 Å². The van der Waals surface area contributed by atoms with E-state index in [9.17, 15) is 14.4 Å². The smallest absolute Gasteiger partial charge is 0.277 e. The van der Waals surface area contributed by atoms with Gasteiger partial charge in [0.05, 0.1) is 0 Å². The Bertz CT molecular complexity index is 1110. The number of imide groups is 1. The van der Waals surface area contributed by atoms with Crippen LogP contribution in [0.2, 0.25) is 0 Å². The van der Waals surface area contributed by atoms with Crippen molar-refractivity contribution in [3.05, 3.63) is 36.0 Å². The third-order valence-electron chi connectivity index (χ3n) is 9.45. The third kappa shape index (κ3) is 1.16. The van der Waals surface area contributed by atoms with Crippen LogP contribution in [-0.2, 0) is 16.1 Å². The van der Waals surface area contributed by atoms with E-state index >= 15 is 0 Å². The van der Waals surface area contributed by atoms with Crippen molar-refractivity contribution in [2.75, 3.05) is 13.1 Å². The molecule has 0 unspecified atom stereocenters. The van der Waals surface area contributed by atoms with Gasteiger partial charge in [-0.2, -0.15) is 0 Å². The maximum Gasteiger partial charge on any atom is 0.277 e. The van der Waals surface area contributed by atoms with Crippen LogP contribution in [0.4, 0.5) is 0 Å². The minimum atomic E-state index is -0.376. The second kappa shape index (κ2) is 4.04. The summed E-state index contributed by atoms with van der Waals surface area (Å²) < 4.78 is 1.75. The van der Waals surface area contributed by atoms with Gasteiger partial charge in [-0.1, -0.05) is 18.2 Å². The lowest BCUT2D eigenvalue weighted by Crippen LogP contribution is -3.06. The topological polar surface area (TPSA) is 71.4 Å². The number of hydrogen-bond donors (Lipinski definition) is 1. The molecular weight excluding hydrogens is 354 g/mol. The van der Waals surface area contributed by atoms with Gasteiger partial charge in [-0.05, 0) is 59.0 Å². The molecule has 0 spiro atoms. The lowest BCUT2D eigenvalue weighted by atomic mass is 8.96. The monoisotopic (exact) mass is 373 g/mol. The highest BCUT2D eigenvalue weighted by Crippen LogP contribution is 3.05. The Morgan fingerprint density at radius 1 is 1.07 bits per heavy atom. The molecule has 28 heavy (non-hydrogen) atoms. The predicted octanol–water partition coefficient (Wildman–Crippen LogP) is 1.11. The van der Waals surface area contributed by atoms with Gasteiger partial charge in [0, 0.05) is 17.4 Å². The molecule has 6 fully saturated rings. The van der Waals surface area contributed by atoms with Crippen LogP contribution < -0.4 is 5.32 Å². The van der Waals surface area contributed by atoms with Gasteiger partial charge in [-0.25, -0.2) is 0 Å². The summed E-state index contributed by atoms with van der Waals surface area (Å²) in [6, 6.07) is 9.46. The van der Waals surface area contributed by atoms with Gasteiger partial charge < -0.3 is 9.88 Å². The second-order valence-electron chi connectivity index (χ2n) is 9.74. The van der Waals surface area contributed by atoms with Gasteiger partial charge in [-0.15, -0.1) is 0 Å². The Balaban J connectivity index is 1.00. The van der Waals surface area contributed by atoms with E-state index in [0.29, 0.717) is 11.1 Å². The van der Waals surface area contributed by atoms with Gasteiger partial charge >= 0.3 is 0 Å². The van der Waals surface area contributed by atoms with E-state index in [2.05, 4.69) is 5.32 Å². The van der Waals surface area contributed by atoms with E-state index in [1.807, 2.05) is 30.3 Å². The van der Waals surface area contributed by atoms with Crippen molar-refractivity contribution in [3.63, 3.8) is 0 Å². The van der Waals surface area contributed by atoms with Gasteiger partial charge in [-0.3, -0.25) is 19.3 Å². The highest BCUT2D eigenvalue weighted by Gasteiger charge is 3.03. The molecule has 6 saturated carbocycles. The molecule has 1 aromatic heterocycles. The van der Waals surface area contributed by atoms with Crippen LogP contribution in [0.25, 0.3) is 10.9 Å². The van der Waals surface area contributed by atoms with Crippen LogP contribution in [0.1, 0.15) is 10.5 Å². The zero-order valence-corrected chi connectivity index (χ0v) is 15.2. The summed E-state index contributed by atoms with van der Waals surface area (Å²) in [5.74, 6) is 5.78. The van der Waals surface area contributed by atoms with Crippen LogP contribution in [0.3, 0.4) is 0 Å². The molecule has 0 atom stereocenters. The standard InChI is InChI=1S/C22H19N3O3/c26-12(23-8-22-18-15-14-16(18)20(22)17(14)19(15)22)6-25-13(27)7-24-10-4-2-1-3-9(10)5-11(24)21(25)28/h1-5,14-20H,6-8H2,(H,23,26). The number of amides is 3. The molecule has 6 nitrogen and oxygen atoms in total. The average molecular weight is 373 g/mol. The first-order chi connectivity index (χ1) is 13.6. The van der Waals surface area contributed by atoms with Crippen molar-refractivity contribution < 1.29 is 14.4 Å². The van der Waals surface area contributed by atoms with E-state index in [1.165, 1.54) is 0 Å². The lowest BCUT2D eigenvalue weighted by molar-refractivity contribution is -0.612. The number of nitrogens with zero attached hydrogens (tertiary/aromatic N) is 2. The lowest BCUT2D eigenvalue weighted by Gasteiger charge is -3.08. The van der Waals surface area contributed by atoms with E-state index in [4.69, 9.17) is 0 Å². The maximum absolute atomic E-state index is 12.9. The van der Waals surface area contributed by atoms with Crippen molar-refractivity contribution in [1.82, 2.24) is 14.8 Å². The number of rotatable bonds is 4. The fraction of sp³-hybridized carbons (Fsp3) is 0.500. The Hall–Kier alpha value is -2.63. The van der Waals surface area contributed by atoms with Crippen molar-refractivity contribution in [2.24, 2.45) is 46.8 Å². The average Bonchev–Trinajstić information content (AvgIpc) is 3.09. The minimum absolute atomic E-state index is 0.102. The van der Waals surface area contributed by atoms with Crippen molar-refractivity contribution in [1.29, 1.82) is 0 Å². The van der Waals surface area contributed by atoms with E-state index < -0.39 is 0 Å². The Kier molecular flexibility index (Phi) is 2.08. The number of nitrogens with one attached hydrogen (secondary N) is 1. The molecule has 0 saturated heterocycles. The highest BCUT2D eigenvalue weighted by molar-refractivity contribution is 6.11. The summed E-state index contributed by atoms with van der Waals surface area (Å²) in [4.78, 5) is 39.1. The molecule has 1 N–H and O–H groups in total. The fourth-order valence-electron chi connectivity index (χ4n) is 8.67. The van der Waals surface area contributed by atoms with Gasteiger partial charge in [0.2, 0.25) is 11.8 Å². The van der Waals surface area contributed by atoms with Gasteiger partial charge in [0.15, 0.2) is 0 Å². The first-order valence-electron chi connectivity index (χ1n) is 10.3. The summed E-state index contributed by atoms with van der Waals surface area (Å²) in [5.41, 5.74) is 1.77. The van der Waals surface area contributed by atoms with Crippen LogP contribution in [0.15, 0.2) is 30.3 Å². The highest BCUT2D eigenvalue weighted by atomic mass is 16.2. The fourth-order valence-corrected chi connectivity index (χ4v) is 8.67. The van der Waals surface area contributed by atoms with Crippen molar-refractivity contribution in [2.45, 2.75) is 6.54 Å². The van der Waals surface area contributed by atoms with Crippen molar-refractivity contribution in [3.8, 4) is 0 Å². The zero-order chi connectivity index (χ0) is 18.5. The number of para-hydroxylation sites is 1. The van der Waals surface area contributed by atoms with Gasteiger partial charge in [0.1, 0.15) is 18.8 Å². The van der Waals surface area contributed by atoms with Crippen LogP contribution >= 0.6 is 0 Å². The molecule has 140 valence electrons. The normalized spacial score (nSPS) is 44.6. The Labute approximate surface area is 160 Å². The molecule has 0 radical (unpaired) electrons. The minimum Gasteiger partial charge on any atom is -0.354 e. The zero-order valence-electron chi connectivity index (χ0n) is 15.2. The number of hydrogen-bond acceptors (Lipinski definition) is 3. The molecule has 7 aliphatic rings. The molecular formula is C22H19N3O3. The second-order valence-corrected chi connectivity index (χ2v) is 9.74. The Morgan fingerprint density at radius 2 is 1.79 bits per heavy atom. The van der Waals surface area contributed by atoms with E-state index in [0.717, 1.165) is 63.8 Å². The first-order valence-corrected chi connectivity index (χ1v) is 10.3. The maximum atomic E-state index is 12.9. The third-order valence-corrected chi connectivity index (χ3v) is 9.45. The summed E-state index contributed by atoms with van der Waals surface area (Å²) in [6.07, 6.45) is 0. The quantitative estimate of drug-likeness (QED) is 0.816. The Morgan fingerprint density at radius 3 is 2.54 bits per heavy atom. The van der Waals surface area contributed by atoms with Gasteiger partial charge in [0.25, 0.3) is 5.91 Å². The van der Waals surface area contributed by atoms with E-state index in [1.54, 1.807) is 4.57 Å². The number of aromatic nitrogens is 1. The summed E-state index contributed by atoms with van der Waals surface area (Å²) in [7, 11) is 0. The van der Waals surface area contributed by atoms with Crippen LogP contribution in [-0.4, -0.2) is 40.3 Å². The molecule has 6 aliphatic carbocycles.